The summed E-state index contributed by atoms with van der Waals surface area (Å²) in [6.45, 7) is 0.208. The second kappa shape index (κ2) is 4.48. The standard InChI is InChI=1S/C12H17F2N3O/c13-12(14)6-2-1-3-9(12)7-15-11-17-16-10(18-11)8-4-5-8/h8-9H,1-7H2,(H,15,17). The zero-order valence-electron chi connectivity index (χ0n) is 10.2. The first-order valence-corrected chi connectivity index (χ1v) is 6.60. The molecule has 0 radical (unpaired) electrons. The number of anilines is 1. The number of aromatic nitrogens is 2. The van der Waals surface area contributed by atoms with Gasteiger partial charge in [0.2, 0.25) is 5.89 Å². The molecule has 2 aliphatic rings. The largest absolute Gasteiger partial charge is 0.408 e. The summed E-state index contributed by atoms with van der Waals surface area (Å²) < 4.78 is 32.6. The normalized spacial score (nSPS) is 27.1. The predicted molar refractivity (Wildman–Crippen MR) is 61.7 cm³/mol. The van der Waals surface area contributed by atoms with E-state index in [0.717, 1.165) is 19.3 Å². The number of nitrogens with one attached hydrogen (secondary N) is 1. The second-order valence-electron chi connectivity index (χ2n) is 5.30. The lowest BCUT2D eigenvalue weighted by atomic mass is 9.85. The van der Waals surface area contributed by atoms with Crippen LogP contribution in [0.5, 0.6) is 0 Å². The number of halogens is 2. The van der Waals surface area contributed by atoms with Crippen LogP contribution in [0, 0.1) is 5.92 Å². The average molecular weight is 257 g/mol. The molecule has 0 aromatic carbocycles. The minimum Gasteiger partial charge on any atom is -0.408 e. The van der Waals surface area contributed by atoms with Gasteiger partial charge in [0, 0.05) is 24.8 Å². The minimum atomic E-state index is -2.56. The van der Waals surface area contributed by atoms with Gasteiger partial charge in [-0.2, -0.15) is 0 Å². The van der Waals surface area contributed by atoms with Crippen molar-refractivity contribution in [3.63, 3.8) is 0 Å². The van der Waals surface area contributed by atoms with Gasteiger partial charge >= 0.3 is 6.01 Å². The molecule has 2 aliphatic carbocycles. The maximum Gasteiger partial charge on any atom is 0.315 e. The van der Waals surface area contributed by atoms with Gasteiger partial charge < -0.3 is 9.73 Å². The highest BCUT2D eigenvalue weighted by molar-refractivity contribution is 5.19. The van der Waals surface area contributed by atoms with E-state index in [4.69, 9.17) is 4.42 Å². The summed E-state index contributed by atoms with van der Waals surface area (Å²) in [5.41, 5.74) is 0. The van der Waals surface area contributed by atoms with Gasteiger partial charge in [-0.3, -0.25) is 0 Å². The molecule has 4 nitrogen and oxygen atoms in total. The van der Waals surface area contributed by atoms with Gasteiger partial charge in [0.25, 0.3) is 5.92 Å². The Balaban J connectivity index is 1.55. The summed E-state index contributed by atoms with van der Waals surface area (Å²) in [6, 6.07) is 0.276. The molecule has 1 atom stereocenters. The molecule has 1 aromatic rings. The molecule has 2 saturated carbocycles. The lowest BCUT2D eigenvalue weighted by Crippen LogP contribution is -2.36. The Morgan fingerprint density at radius 3 is 2.78 bits per heavy atom. The quantitative estimate of drug-likeness (QED) is 0.900. The van der Waals surface area contributed by atoms with Crippen molar-refractivity contribution in [2.75, 3.05) is 11.9 Å². The average Bonchev–Trinajstić information content (AvgIpc) is 3.08. The summed E-state index contributed by atoms with van der Waals surface area (Å²) in [4.78, 5) is 0. The van der Waals surface area contributed by atoms with E-state index >= 15 is 0 Å². The smallest absolute Gasteiger partial charge is 0.315 e. The van der Waals surface area contributed by atoms with E-state index in [2.05, 4.69) is 15.5 Å². The zero-order chi connectivity index (χ0) is 12.6. The summed E-state index contributed by atoms with van der Waals surface area (Å²) in [7, 11) is 0. The molecule has 1 aromatic heterocycles. The topological polar surface area (TPSA) is 51.0 Å². The number of nitrogens with zero attached hydrogens (tertiary/aromatic N) is 2. The van der Waals surface area contributed by atoms with Crippen LogP contribution in [0.25, 0.3) is 0 Å². The molecule has 1 heterocycles. The van der Waals surface area contributed by atoms with E-state index in [-0.39, 0.29) is 19.0 Å². The van der Waals surface area contributed by atoms with Gasteiger partial charge in [-0.25, -0.2) is 8.78 Å². The van der Waals surface area contributed by atoms with E-state index in [1.165, 1.54) is 0 Å². The monoisotopic (exact) mass is 257 g/mol. The molecule has 0 aliphatic heterocycles. The Morgan fingerprint density at radius 1 is 1.22 bits per heavy atom. The molecule has 3 rings (SSSR count). The third-order valence-electron chi connectivity index (χ3n) is 3.78. The molecule has 18 heavy (non-hydrogen) atoms. The van der Waals surface area contributed by atoms with Crippen LogP contribution in [0.1, 0.15) is 50.3 Å². The van der Waals surface area contributed by atoms with Gasteiger partial charge in [-0.15, -0.1) is 5.10 Å². The lowest BCUT2D eigenvalue weighted by molar-refractivity contribution is -0.0803. The number of hydrogen-bond acceptors (Lipinski definition) is 4. The Morgan fingerprint density at radius 2 is 2.06 bits per heavy atom. The molecular weight excluding hydrogens is 240 g/mol. The van der Waals surface area contributed by atoms with E-state index < -0.39 is 11.8 Å². The van der Waals surface area contributed by atoms with Crippen molar-refractivity contribution in [1.29, 1.82) is 0 Å². The maximum atomic E-state index is 13.6. The molecule has 1 unspecified atom stereocenters. The van der Waals surface area contributed by atoms with E-state index in [1.807, 2.05) is 0 Å². The first kappa shape index (κ1) is 11.9. The molecular formula is C12H17F2N3O. The van der Waals surface area contributed by atoms with Crippen LogP contribution in [0.4, 0.5) is 14.8 Å². The predicted octanol–water partition coefficient (Wildman–Crippen LogP) is 3.18. The van der Waals surface area contributed by atoms with Crippen molar-refractivity contribution in [3.8, 4) is 0 Å². The van der Waals surface area contributed by atoms with Gasteiger partial charge in [0.05, 0.1) is 0 Å². The molecule has 1 N–H and O–H groups in total. The Hall–Kier alpha value is -1.20. The van der Waals surface area contributed by atoms with Crippen molar-refractivity contribution >= 4 is 6.01 Å². The molecule has 2 fully saturated rings. The fourth-order valence-corrected chi connectivity index (χ4v) is 2.43. The Kier molecular flexibility index (Phi) is 2.95. The highest BCUT2D eigenvalue weighted by Gasteiger charge is 2.41. The number of alkyl halides is 2. The summed E-state index contributed by atoms with van der Waals surface area (Å²) in [5, 5.41) is 10.6. The van der Waals surface area contributed by atoms with Gasteiger partial charge in [-0.05, 0) is 25.7 Å². The van der Waals surface area contributed by atoms with Gasteiger partial charge in [0.15, 0.2) is 0 Å². The summed E-state index contributed by atoms with van der Waals surface area (Å²) >= 11 is 0. The number of hydrogen-bond donors (Lipinski definition) is 1. The van der Waals surface area contributed by atoms with Crippen molar-refractivity contribution in [2.45, 2.75) is 50.4 Å². The Bertz CT molecular complexity index is 417. The molecule has 100 valence electrons. The highest BCUT2D eigenvalue weighted by Crippen LogP contribution is 2.40. The molecule has 0 saturated heterocycles. The third kappa shape index (κ3) is 2.47. The van der Waals surface area contributed by atoms with E-state index in [1.54, 1.807) is 0 Å². The second-order valence-corrected chi connectivity index (χ2v) is 5.30. The van der Waals surface area contributed by atoms with Crippen LogP contribution in [0.15, 0.2) is 4.42 Å². The highest BCUT2D eigenvalue weighted by atomic mass is 19.3. The molecule has 0 bridgehead atoms. The maximum absolute atomic E-state index is 13.6. The molecule has 0 spiro atoms. The Labute approximate surface area is 104 Å². The van der Waals surface area contributed by atoms with Crippen LogP contribution in [0.2, 0.25) is 0 Å². The fourth-order valence-electron chi connectivity index (χ4n) is 2.43. The molecule has 6 heteroatoms. The molecule has 0 amide bonds. The van der Waals surface area contributed by atoms with Gasteiger partial charge in [0.1, 0.15) is 0 Å². The first-order valence-electron chi connectivity index (χ1n) is 6.60. The van der Waals surface area contributed by atoms with Crippen LogP contribution in [-0.2, 0) is 0 Å². The van der Waals surface area contributed by atoms with E-state index in [0.29, 0.717) is 24.7 Å². The van der Waals surface area contributed by atoms with Crippen molar-refractivity contribution < 1.29 is 13.2 Å². The first-order chi connectivity index (χ1) is 8.65. The van der Waals surface area contributed by atoms with Crippen molar-refractivity contribution in [3.05, 3.63) is 5.89 Å². The van der Waals surface area contributed by atoms with Crippen LogP contribution in [-0.4, -0.2) is 22.7 Å². The van der Waals surface area contributed by atoms with Crippen molar-refractivity contribution in [2.24, 2.45) is 5.92 Å². The lowest BCUT2D eigenvalue weighted by Gasteiger charge is -2.30. The summed E-state index contributed by atoms with van der Waals surface area (Å²) in [6.07, 6.45) is 4.22. The minimum absolute atomic E-state index is 0.00347. The summed E-state index contributed by atoms with van der Waals surface area (Å²) in [5.74, 6) is -2.16. The fraction of sp³-hybridized carbons (Fsp3) is 0.833. The van der Waals surface area contributed by atoms with Crippen LogP contribution >= 0.6 is 0 Å². The van der Waals surface area contributed by atoms with Crippen molar-refractivity contribution in [1.82, 2.24) is 10.2 Å². The number of rotatable bonds is 4. The van der Waals surface area contributed by atoms with Gasteiger partial charge in [-0.1, -0.05) is 11.5 Å². The zero-order valence-corrected chi connectivity index (χ0v) is 10.2. The third-order valence-corrected chi connectivity index (χ3v) is 3.78. The van der Waals surface area contributed by atoms with E-state index in [9.17, 15) is 8.78 Å². The van der Waals surface area contributed by atoms with Crippen LogP contribution in [0.3, 0.4) is 0 Å². The van der Waals surface area contributed by atoms with Crippen LogP contribution < -0.4 is 5.32 Å². The SMILES string of the molecule is FC1(F)CCCCC1CNc1nnc(C2CC2)o1.